The lowest BCUT2D eigenvalue weighted by molar-refractivity contribution is 0.610. The Bertz CT molecular complexity index is 1650. The van der Waals surface area contributed by atoms with Gasteiger partial charge in [-0.3, -0.25) is 0 Å². The molecule has 2 N–H and O–H groups in total. The van der Waals surface area contributed by atoms with Crippen LogP contribution >= 0.6 is 46.4 Å². The van der Waals surface area contributed by atoms with E-state index >= 15 is 0 Å². The zero-order valence-electron chi connectivity index (χ0n) is 23.0. The fourth-order valence-corrected chi connectivity index (χ4v) is 6.21. The second-order valence-electron chi connectivity index (χ2n) is 10.6. The van der Waals surface area contributed by atoms with Crippen molar-refractivity contribution < 1.29 is 0 Å². The highest BCUT2D eigenvalue weighted by Gasteiger charge is 2.11. The molecule has 0 aliphatic heterocycles. The summed E-state index contributed by atoms with van der Waals surface area (Å²) in [5, 5.41) is 14.3. The molecule has 0 saturated heterocycles. The van der Waals surface area contributed by atoms with E-state index in [1.54, 1.807) is 0 Å². The summed E-state index contributed by atoms with van der Waals surface area (Å²) in [6, 6.07) is 23.4. The van der Waals surface area contributed by atoms with Gasteiger partial charge in [0.25, 0.3) is 0 Å². The molecular weight excluding hydrogens is 606 g/mol. The maximum atomic E-state index is 6.25. The number of anilines is 2. The molecule has 0 spiro atoms. The van der Waals surface area contributed by atoms with Gasteiger partial charge < -0.3 is 10.6 Å². The number of hydrogen-bond acceptors (Lipinski definition) is 4. The fraction of sp³-hybridized carbons (Fsp3) is 0.235. The molecule has 0 amide bonds. The van der Waals surface area contributed by atoms with Gasteiger partial charge in [-0.15, -0.1) is 0 Å². The molecule has 214 valence electrons. The van der Waals surface area contributed by atoms with Crippen molar-refractivity contribution in [1.82, 2.24) is 9.97 Å². The first-order valence-electron chi connectivity index (χ1n) is 14.3. The van der Waals surface area contributed by atoms with Crippen LogP contribution in [0.25, 0.3) is 43.6 Å². The van der Waals surface area contributed by atoms with Crippen molar-refractivity contribution in [3.63, 3.8) is 0 Å². The van der Waals surface area contributed by atoms with Crippen LogP contribution in [-0.4, -0.2) is 23.1 Å². The molecule has 0 saturated carbocycles. The molecule has 4 nitrogen and oxygen atoms in total. The second kappa shape index (κ2) is 13.1. The van der Waals surface area contributed by atoms with Crippen LogP contribution < -0.4 is 10.6 Å². The van der Waals surface area contributed by atoms with E-state index in [1.165, 1.54) is 25.7 Å². The summed E-state index contributed by atoms with van der Waals surface area (Å²) >= 11 is 25.0. The summed E-state index contributed by atoms with van der Waals surface area (Å²) in [6.07, 6.45) is 6.99. The molecule has 0 aliphatic carbocycles. The summed E-state index contributed by atoms with van der Waals surface area (Å²) in [5.74, 6) is 0. The van der Waals surface area contributed by atoms with Crippen molar-refractivity contribution in [2.24, 2.45) is 0 Å². The van der Waals surface area contributed by atoms with Gasteiger partial charge in [0.1, 0.15) is 0 Å². The van der Waals surface area contributed by atoms with Gasteiger partial charge in [-0.2, -0.15) is 0 Å². The van der Waals surface area contributed by atoms with Crippen LogP contribution in [0, 0.1) is 0 Å². The third kappa shape index (κ3) is 6.48. The third-order valence-electron chi connectivity index (χ3n) is 7.61. The molecule has 2 aromatic heterocycles. The van der Waals surface area contributed by atoms with Gasteiger partial charge in [-0.05, 0) is 85.6 Å². The molecule has 2 heterocycles. The van der Waals surface area contributed by atoms with Crippen molar-refractivity contribution in [1.29, 1.82) is 0 Å². The minimum absolute atomic E-state index is 0.676. The first kappa shape index (κ1) is 29.1. The van der Waals surface area contributed by atoms with E-state index in [0.29, 0.717) is 20.1 Å². The Balaban J connectivity index is 0.993. The Hall–Kier alpha value is -3.02. The van der Waals surface area contributed by atoms with Crippen molar-refractivity contribution in [2.45, 2.75) is 38.5 Å². The van der Waals surface area contributed by atoms with Crippen LogP contribution in [0.3, 0.4) is 0 Å². The van der Waals surface area contributed by atoms with E-state index in [9.17, 15) is 0 Å². The van der Waals surface area contributed by atoms with Crippen molar-refractivity contribution in [3.05, 3.63) is 92.9 Å². The third-order valence-corrected chi connectivity index (χ3v) is 8.55. The van der Waals surface area contributed by atoms with Gasteiger partial charge in [-0.1, -0.05) is 72.1 Å². The van der Waals surface area contributed by atoms with Crippen LogP contribution in [-0.2, 0) is 0 Å². The summed E-state index contributed by atoms with van der Waals surface area (Å²) in [6.45, 7) is 1.80. The van der Waals surface area contributed by atoms with E-state index in [0.717, 1.165) is 80.9 Å². The van der Waals surface area contributed by atoms with Crippen LogP contribution in [0.15, 0.2) is 72.8 Å². The lowest BCUT2D eigenvalue weighted by Gasteiger charge is -2.14. The lowest BCUT2D eigenvalue weighted by Crippen LogP contribution is -2.04. The SMILES string of the molecule is Clc1ccc2c(NCCCCCCCCNc3c4ccc(Cl)cc4nc4cc(Cl)ccc34)c3ccc(Cl)cc3nc2c1. The molecule has 4 aromatic carbocycles. The molecule has 0 aliphatic rings. The Kier molecular flexibility index (Phi) is 9.06. The van der Waals surface area contributed by atoms with Crippen LogP contribution in [0.4, 0.5) is 11.4 Å². The van der Waals surface area contributed by atoms with Gasteiger partial charge in [0.05, 0.1) is 33.4 Å². The summed E-state index contributed by atoms with van der Waals surface area (Å²) in [4.78, 5) is 9.56. The van der Waals surface area contributed by atoms with Gasteiger partial charge in [-0.25, -0.2) is 9.97 Å². The first-order chi connectivity index (χ1) is 20.5. The lowest BCUT2D eigenvalue weighted by atomic mass is 10.1. The zero-order valence-corrected chi connectivity index (χ0v) is 26.0. The molecule has 0 radical (unpaired) electrons. The molecule has 8 heteroatoms. The number of aromatic nitrogens is 2. The smallest absolute Gasteiger partial charge is 0.0745 e. The summed E-state index contributed by atoms with van der Waals surface area (Å²) in [5.41, 5.74) is 5.66. The minimum atomic E-state index is 0.676. The molecule has 0 bridgehead atoms. The van der Waals surface area contributed by atoms with Crippen LogP contribution in [0.5, 0.6) is 0 Å². The normalized spacial score (nSPS) is 11.6. The average molecular weight is 636 g/mol. The molecule has 0 atom stereocenters. The standard InChI is InChI=1S/C34H30Cl4N4/c35-21-7-11-25-29(17-21)41-30-18-22(36)8-12-26(30)33(25)39-15-5-3-1-2-4-6-16-40-34-27-13-9-23(37)19-31(27)42-32-20-24(38)10-14-28(32)34/h7-14,17-20H,1-6,15-16H2,(H,39,41)(H,40,42). The highest BCUT2D eigenvalue weighted by molar-refractivity contribution is 6.33. The summed E-state index contributed by atoms with van der Waals surface area (Å²) < 4.78 is 0. The Morgan fingerprint density at radius 1 is 0.405 bits per heavy atom. The van der Waals surface area contributed by atoms with Crippen LogP contribution in [0.2, 0.25) is 20.1 Å². The number of rotatable bonds is 11. The van der Waals surface area contributed by atoms with E-state index in [4.69, 9.17) is 56.4 Å². The second-order valence-corrected chi connectivity index (χ2v) is 12.3. The monoisotopic (exact) mass is 634 g/mol. The van der Waals surface area contributed by atoms with E-state index in [-0.39, 0.29) is 0 Å². The summed E-state index contributed by atoms with van der Waals surface area (Å²) in [7, 11) is 0. The van der Waals surface area contributed by atoms with E-state index in [1.807, 2.05) is 72.8 Å². The number of nitrogens with one attached hydrogen (secondary N) is 2. The predicted octanol–water partition coefficient (Wildman–Crippen LogP) is 11.6. The number of benzene rings is 4. The first-order valence-corrected chi connectivity index (χ1v) is 15.8. The van der Waals surface area contributed by atoms with Crippen molar-refractivity contribution in [3.8, 4) is 0 Å². The Morgan fingerprint density at radius 3 is 1.00 bits per heavy atom. The largest absolute Gasteiger partial charge is 0.384 e. The van der Waals surface area contributed by atoms with Crippen molar-refractivity contribution in [2.75, 3.05) is 23.7 Å². The predicted molar refractivity (Wildman–Crippen MR) is 183 cm³/mol. The molecular formula is C34H30Cl4N4. The highest BCUT2D eigenvalue weighted by atomic mass is 35.5. The number of pyridine rings is 2. The molecule has 0 fully saturated rings. The van der Waals surface area contributed by atoms with Gasteiger partial charge in [0, 0.05) is 54.7 Å². The number of halogens is 4. The number of nitrogens with zero attached hydrogens (tertiary/aromatic N) is 2. The van der Waals surface area contributed by atoms with E-state index < -0.39 is 0 Å². The van der Waals surface area contributed by atoms with Gasteiger partial charge in [0.15, 0.2) is 0 Å². The number of unbranched alkanes of at least 4 members (excludes halogenated alkanes) is 5. The van der Waals surface area contributed by atoms with Crippen LogP contribution in [0.1, 0.15) is 38.5 Å². The zero-order chi connectivity index (χ0) is 29.1. The molecule has 0 unspecified atom stereocenters. The molecule has 6 aromatic rings. The fourth-order valence-electron chi connectivity index (χ4n) is 5.55. The van der Waals surface area contributed by atoms with Gasteiger partial charge >= 0.3 is 0 Å². The highest BCUT2D eigenvalue weighted by Crippen LogP contribution is 2.35. The molecule has 6 rings (SSSR count). The molecule has 42 heavy (non-hydrogen) atoms. The van der Waals surface area contributed by atoms with E-state index in [2.05, 4.69) is 10.6 Å². The topological polar surface area (TPSA) is 49.8 Å². The minimum Gasteiger partial charge on any atom is -0.384 e. The number of hydrogen-bond donors (Lipinski definition) is 2. The quantitative estimate of drug-likeness (QED) is 0.110. The number of fused-ring (bicyclic) bond motifs is 4. The maximum absolute atomic E-state index is 6.25. The Labute approximate surface area is 265 Å². The average Bonchev–Trinajstić information content (AvgIpc) is 2.96. The van der Waals surface area contributed by atoms with Gasteiger partial charge in [0.2, 0.25) is 0 Å². The van der Waals surface area contributed by atoms with Crippen molar-refractivity contribution >= 4 is 101 Å². The Morgan fingerprint density at radius 2 is 0.690 bits per heavy atom. The maximum Gasteiger partial charge on any atom is 0.0745 e.